The van der Waals surface area contributed by atoms with Crippen LogP contribution in [-0.2, 0) is 0 Å². The third-order valence-corrected chi connectivity index (χ3v) is 4.03. The Kier molecular flexibility index (Phi) is 3.33. The zero-order valence-corrected chi connectivity index (χ0v) is 11.0. The van der Waals surface area contributed by atoms with Gasteiger partial charge in [-0.3, -0.25) is 4.68 Å². The average molecular weight is 243 g/mol. The maximum Gasteiger partial charge on any atom is 0.0685 e. The van der Waals surface area contributed by atoms with E-state index >= 15 is 0 Å². The lowest BCUT2D eigenvalue weighted by atomic mass is 9.79. The van der Waals surface area contributed by atoms with Crippen molar-refractivity contribution in [2.45, 2.75) is 32.2 Å². The standard InChI is InChI=1S/C15H21N3/c1-2-9-16-10-13-7-8-15(13)18-14-6-4-3-5-12(14)11-17-18/h3-6,11,13,15-16H,2,7-10H2,1H3. The zero-order chi connectivity index (χ0) is 12.4. The molecule has 1 N–H and O–H groups in total. The molecule has 1 aromatic heterocycles. The number of hydrogen-bond donors (Lipinski definition) is 1. The summed E-state index contributed by atoms with van der Waals surface area (Å²) >= 11 is 0. The van der Waals surface area contributed by atoms with Crippen molar-refractivity contribution in [1.29, 1.82) is 0 Å². The summed E-state index contributed by atoms with van der Waals surface area (Å²) in [5, 5.41) is 9.37. The molecule has 1 fully saturated rings. The van der Waals surface area contributed by atoms with Crippen LogP contribution in [0.3, 0.4) is 0 Å². The van der Waals surface area contributed by atoms with Crippen LogP contribution in [-0.4, -0.2) is 22.9 Å². The minimum Gasteiger partial charge on any atom is -0.316 e. The van der Waals surface area contributed by atoms with Gasteiger partial charge in [0.25, 0.3) is 0 Å². The van der Waals surface area contributed by atoms with Crippen molar-refractivity contribution in [1.82, 2.24) is 15.1 Å². The highest BCUT2D eigenvalue weighted by Gasteiger charge is 2.33. The molecule has 2 atom stereocenters. The fourth-order valence-corrected chi connectivity index (χ4v) is 2.83. The highest BCUT2D eigenvalue weighted by Crippen LogP contribution is 2.39. The third-order valence-electron chi connectivity index (χ3n) is 4.03. The fraction of sp³-hybridized carbons (Fsp3) is 0.533. The molecule has 18 heavy (non-hydrogen) atoms. The molecule has 0 radical (unpaired) electrons. The van der Waals surface area contributed by atoms with Crippen LogP contribution in [0.5, 0.6) is 0 Å². The Morgan fingerprint density at radius 2 is 2.22 bits per heavy atom. The highest BCUT2D eigenvalue weighted by molar-refractivity contribution is 5.78. The molecule has 96 valence electrons. The number of nitrogens with zero attached hydrogens (tertiary/aromatic N) is 2. The van der Waals surface area contributed by atoms with E-state index in [9.17, 15) is 0 Å². The van der Waals surface area contributed by atoms with E-state index in [1.54, 1.807) is 0 Å². The first kappa shape index (κ1) is 11.7. The molecule has 2 aromatic rings. The lowest BCUT2D eigenvalue weighted by molar-refractivity contribution is 0.168. The maximum absolute atomic E-state index is 4.58. The summed E-state index contributed by atoms with van der Waals surface area (Å²) in [6.07, 6.45) is 5.80. The molecule has 0 bridgehead atoms. The van der Waals surface area contributed by atoms with Gasteiger partial charge in [0, 0.05) is 5.39 Å². The topological polar surface area (TPSA) is 29.9 Å². The van der Waals surface area contributed by atoms with Gasteiger partial charge in [-0.2, -0.15) is 5.10 Å². The van der Waals surface area contributed by atoms with Gasteiger partial charge < -0.3 is 5.32 Å². The molecular formula is C15H21N3. The van der Waals surface area contributed by atoms with E-state index in [0.717, 1.165) is 19.0 Å². The Balaban J connectivity index is 1.74. The summed E-state index contributed by atoms with van der Waals surface area (Å²) in [5.74, 6) is 0.750. The van der Waals surface area contributed by atoms with Gasteiger partial charge in [-0.25, -0.2) is 0 Å². The lowest BCUT2D eigenvalue weighted by Gasteiger charge is -2.37. The fourth-order valence-electron chi connectivity index (χ4n) is 2.83. The number of aromatic nitrogens is 2. The van der Waals surface area contributed by atoms with E-state index in [1.807, 2.05) is 6.20 Å². The Morgan fingerprint density at radius 3 is 3.00 bits per heavy atom. The molecule has 1 aliphatic carbocycles. The Morgan fingerprint density at radius 1 is 1.33 bits per heavy atom. The summed E-state index contributed by atoms with van der Waals surface area (Å²) in [7, 11) is 0. The van der Waals surface area contributed by atoms with Crippen LogP contribution in [0.25, 0.3) is 10.9 Å². The Labute approximate surface area is 108 Å². The number of fused-ring (bicyclic) bond motifs is 1. The number of para-hydroxylation sites is 1. The third kappa shape index (κ3) is 2.03. The second kappa shape index (κ2) is 5.11. The molecule has 1 aromatic carbocycles. The van der Waals surface area contributed by atoms with Gasteiger partial charge in [0.1, 0.15) is 0 Å². The second-order valence-corrected chi connectivity index (χ2v) is 5.26. The van der Waals surface area contributed by atoms with E-state index < -0.39 is 0 Å². The number of benzene rings is 1. The molecule has 0 aliphatic heterocycles. The number of nitrogens with one attached hydrogen (secondary N) is 1. The Bertz CT molecular complexity index is 517. The van der Waals surface area contributed by atoms with Gasteiger partial charge in [-0.1, -0.05) is 25.1 Å². The van der Waals surface area contributed by atoms with Gasteiger partial charge in [-0.15, -0.1) is 0 Å². The smallest absolute Gasteiger partial charge is 0.0685 e. The van der Waals surface area contributed by atoms with Crippen LogP contribution in [0.1, 0.15) is 32.2 Å². The molecule has 3 heteroatoms. The normalized spacial score (nSPS) is 23.2. The molecule has 0 amide bonds. The monoisotopic (exact) mass is 243 g/mol. The maximum atomic E-state index is 4.58. The van der Waals surface area contributed by atoms with E-state index in [-0.39, 0.29) is 0 Å². The van der Waals surface area contributed by atoms with E-state index in [4.69, 9.17) is 0 Å². The van der Waals surface area contributed by atoms with Gasteiger partial charge in [0.05, 0.1) is 17.8 Å². The second-order valence-electron chi connectivity index (χ2n) is 5.26. The molecule has 1 saturated carbocycles. The quantitative estimate of drug-likeness (QED) is 0.818. The molecule has 1 heterocycles. The van der Waals surface area contributed by atoms with Crippen molar-refractivity contribution in [3.8, 4) is 0 Å². The van der Waals surface area contributed by atoms with E-state index in [2.05, 4.69) is 46.3 Å². The van der Waals surface area contributed by atoms with Crippen molar-refractivity contribution >= 4 is 10.9 Å². The van der Waals surface area contributed by atoms with Crippen molar-refractivity contribution in [2.75, 3.05) is 13.1 Å². The largest absolute Gasteiger partial charge is 0.316 e. The summed E-state index contributed by atoms with van der Waals surface area (Å²) in [6.45, 7) is 4.47. The first-order valence-electron chi connectivity index (χ1n) is 7.03. The van der Waals surface area contributed by atoms with Crippen molar-refractivity contribution in [3.63, 3.8) is 0 Å². The van der Waals surface area contributed by atoms with Crippen molar-refractivity contribution < 1.29 is 0 Å². The number of hydrogen-bond acceptors (Lipinski definition) is 2. The molecular weight excluding hydrogens is 222 g/mol. The molecule has 1 aliphatic rings. The molecule has 0 spiro atoms. The molecule has 2 unspecified atom stereocenters. The predicted octanol–water partition coefficient (Wildman–Crippen LogP) is 2.99. The van der Waals surface area contributed by atoms with Crippen LogP contribution in [0.4, 0.5) is 0 Å². The van der Waals surface area contributed by atoms with Crippen LogP contribution in [0.15, 0.2) is 30.5 Å². The minimum absolute atomic E-state index is 0.592. The van der Waals surface area contributed by atoms with Crippen LogP contribution in [0, 0.1) is 5.92 Å². The highest BCUT2D eigenvalue weighted by atomic mass is 15.3. The SMILES string of the molecule is CCCNCC1CCC1n1ncc2ccccc21. The number of rotatable bonds is 5. The van der Waals surface area contributed by atoms with Crippen LogP contribution >= 0.6 is 0 Å². The van der Waals surface area contributed by atoms with Crippen LogP contribution in [0.2, 0.25) is 0 Å². The lowest BCUT2D eigenvalue weighted by Crippen LogP contribution is -2.37. The first-order valence-corrected chi connectivity index (χ1v) is 7.03. The van der Waals surface area contributed by atoms with Gasteiger partial charge in [0.2, 0.25) is 0 Å². The minimum atomic E-state index is 0.592. The van der Waals surface area contributed by atoms with Gasteiger partial charge in [0.15, 0.2) is 0 Å². The molecule has 3 rings (SSSR count). The van der Waals surface area contributed by atoms with Gasteiger partial charge in [-0.05, 0) is 44.3 Å². The van der Waals surface area contributed by atoms with Crippen molar-refractivity contribution in [3.05, 3.63) is 30.5 Å². The van der Waals surface area contributed by atoms with E-state index in [0.29, 0.717) is 6.04 Å². The Hall–Kier alpha value is -1.35. The first-order chi connectivity index (χ1) is 8.90. The van der Waals surface area contributed by atoms with Crippen LogP contribution < -0.4 is 5.32 Å². The van der Waals surface area contributed by atoms with E-state index in [1.165, 1.54) is 30.2 Å². The van der Waals surface area contributed by atoms with Gasteiger partial charge >= 0.3 is 0 Å². The summed E-state index contributed by atoms with van der Waals surface area (Å²) in [4.78, 5) is 0. The zero-order valence-electron chi connectivity index (χ0n) is 11.0. The summed E-state index contributed by atoms with van der Waals surface area (Å²) < 4.78 is 2.23. The van der Waals surface area contributed by atoms with Crippen molar-refractivity contribution in [2.24, 2.45) is 5.92 Å². The molecule has 0 saturated heterocycles. The molecule has 3 nitrogen and oxygen atoms in total. The summed E-state index contributed by atoms with van der Waals surface area (Å²) in [5.41, 5.74) is 1.28. The average Bonchev–Trinajstić information content (AvgIpc) is 2.78. The summed E-state index contributed by atoms with van der Waals surface area (Å²) in [6, 6.07) is 9.09. The predicted molar refractivity (Wildman–Crippen MR) is 74.7 cm³/mol.